The van der Waals surface area contributed by atoms with Gasteiger partial charge in [0.2, 0.25) is 5.91 Å². The first kappa shape index (κ1) is 20.3. The van der Waals surface area contributed by atoms with Gasteiger partial charge in [-0.1, -0.05) is 13.8 Å². The summed E-state index contributed by atoms with van der Waals surface area (Å²) in [6, 6.07) is 2.20. The summed E-state index contributed by atoms with van der Waals surface area (Å²) in [6.45, 7) is 4.92. The average Bonchev–Trinajstić information content (AvgIpc) is 3.31. The van der Waals surface area contributed by atoms with Crippen molar-refractivity contribution >= 4 is 11.9 Å². The van der Waals surface area contributed by atoms with Gasteiger partial charge in [0.1, 0.15) is 12.1 Å². The fourth-order valence-electron chi connectivity index (χ4n) is 8.58. The van der Waals surface area contributed by atoms with Gasteiger partial charge >= 0.3 is 5.97 Å². The second-order valence-electron chi connectivity index (χ2n) is 11.5. The molecule has 4 saturated carbocycles. The fourth-order valence-corrected chi connectivity index (χ4v) is 8.58. The van der Waals surface area contributed by atoms with Crippen LogP contribution in [0.3, 0.4) is 0 Å². The van der Waals surface area contributed by atoms with Crippen LogP contribution in [0.4, 0.5) is 0 Å². The number of carbonyl (C=O) groups excluding carboxylic acids is 2. The summed E-state index contributed by atoms with van der Waals surface area (Å²) in [5.74, 6) is 2.86. The zero-order valence-electron chi connectivity index (χ0n) is 18.5. The molecule has 0 bridgehead atoms. The van der Waals surface area contributed by atoms with Crippen LogP contribution in [0.2, 0.25) is 0 Å². The van der Waals surface area contributed by atoms with E-state index in [2.05, 4.69) is 25.2 Å². The second-order valence-corrected chi connectivity index (χ2v) is 11.5. The van der Waals surface area contributed by atoms with E-state index in [0.29, 0.717) is 24.2 Å². The number of esters is 1. The van der Waals surface area contributed by atoms with E-state index in [0.717, 1.165) is 43.4 Å². The van der Waals surface area contributed by atoms with Gasteiger partial charge in [-0.15, -0.1) is 0 Å². The number of fused-ring (bicyclic) bond motifs is 5. The van der Waals surface area contributed by atoms with Crippen LogP contribution < -0.4 is 5.32 Å². The van der Waals surface area contributed by atoms with Gasteiger partial charge in [0.15, 0.2) is 0 Å². The topological polar surface area (TPSA) is 79.2 Å². The van der Waals surface area contributed by atoms with Crippen molar-refractivity contribution in [2.45, 2.75) is 96.6 Å². The first-order valence-electron chi connectivity index (χ1n) is 12.2. The Balaban J connectivity index is 1.26. The molecule has 164 valence electrons. The molecule has 5 fully saturated rings. The first-order valence-corrected chi connectivity index (χ1v) is 12.2. The summed E-state index contributed by atoms with van der Waals surface area (Å²) in [5.41, 5.74) is 0.580. The Hall–Kier alpha value is -1.57. The molecule has 30 heavy (non-hydrogen) atoms. The van der Waals surface area contributed by atoms with Crippen LogP contribution in [0.5, 0.6) is 0 Å². The number of amides is 1. The van der Waals surface area contributed by atoms with Crippen molar-refractivity contribution in [3.8, 4) is 6.07 Å². The van der Waals surface area contributed by atoms with E-state index in [-0.39, 0.29) is 29.3 Å². The van der Waals surface area contributed by atoms with Crippen LogP contribution in [0.25, 0.3) is 0 Å². The van der Waals surface area contributed by atoms with Crippen molar-refractivity contribution in [3.63, 3.8) is 0 Å². The fraction of sp³-hybridized carbons (Fsp3) is 0.880. The minimum atomic E-state index is -0.437. The predicted octanol–water partition coefficient (Wildman–Crippen LogP) is 4.36. The van der Waals surface area contributed by atoms with Gasteiger partial charge in [-0.25, -0.2) is 4.79 Å². The van der Waals surface area contributed by atoms with Crippen LogP contribution in [0.1, 0.15) is 84.5 Å². The number of carbonyl (C=O) groups is 2. The van der Waals surface area contributed by atoms with E-state index in [9.17, 15) is 14.9 Å². The Labute approximate surface area is 180 Å². The lowest BCUT2D eigenvalue weighted by Gasteiger charge is -2.60. The number of hydrogen-bond donors (Lipinski definition) is 1. The number of ether oxygens (including phenoxy) is 1. The zero-order chi connectivity index (χ0) is 21.1. The van der Waals surface area contributed by atoms with E-state index >= 15 is 0 Å². The summed E-state index contributed by atoms with van der Waals surface area (Å²) in [4.78, 5) is 23.9. The van der Waals surface area contributed by atoms with Crippen molar-refractivity contribution in [3.05, 3.63) is 0 Å². The summed E-state index contributed by atoms with van der Waals surface area (Å²) >= 11 is 0. The summed E-state index contributed by atoms with van der Waals surface area (Å²) in [5, 5.41) is 12.4. The third-order valence-corrected chi connectivity index (χ3v) is 10.3. The lowest BCUT2D eigenvalue weighted by molar-refractivity contribution is -0.164. The Morgan fingerprint density at radius 1 is 1.03 bits per heavy atom. The van der Waals surface area contributed by atoms with Crippen LogP contribution in [-0.4, -0.2) is 24.0 Å². The molecule has 9 atom stereocenters. The largest absolute Gasteiger partial charge is 0.461 e. The quantitative estimate of drug-likeness (QED) is 0.684. The van der Waals surface area contributed by atoms with Gasteiger partial charge < -0.3 is 10.1 Å². The van der Waals surface area contributed by atoms with Gasteiger partial charge in [0.05, 0.1) is 12.0 Å². The Kier molecular flexibility index (Phi) is 4.91. The lowest BCUT2D eigenvalue weighted by Crippen LogP contribution is -2.54. The maximum Gasteiger partial charge on any atom is 0.328 e. The van der Waals surface area contributed by atoms with Gasteiger partial charge in [-0.2, -0.15) is 5.26 Å². The Morgan fingerprint density at radius 2 is 1.80 bits per heavy atom. The van der Waals surface area contributed by atoms with Crippen LogP contribution >= 0.6 is 0 Å². The molecule has 0 aromatic carbocycles. The van der Waals surface area contributed by atoms with Crippen molar-refractivity contribution < 1.29 is 14.3 Å². The van der Waals surface area contributed by atoms with Crippen LogP contribution in [0, 0.1) is 51.8 Å². The number of rotatable bonds is 2. The van der Waals surface area contributed by atoms with E-state index in [1.54, 1.807) is 0 Å². The molecule has 1 aliphatic heterocycles. The molecule has 1 N–H and O–H groups in total. The minimum Gasteiger partial charge on any atom is -0.461 e. The number of nitrogens with zero attached hydrogens (tertiary/aromatic N) is 1. The molecular formula is C25H36N2O3. The molecule has 1 heterocycles. The van der Waals surface area contributed by atoms with Crippen molar-refractivity contribution in [2.75, 3.05) is 0 Å². The van der Waals surface area contributed by atoms with Crippen LogP contribution in [-0.2, 0) is 14.3 Å². The highest BCUT2D eigenvalue weighted by Crippen LogP contribution is 2.67. The zero-order valence-corrected chi connectivity index (χ0v) is 18.5. The Bertz CT molecular complexity index is 775. The highest BCUT2D eigenvalue weighted by molar-refractivity contribution is 5.88. The smallest absolute Gasteiger partial charge is 0.328 e. The maximum atomic E-state index is 12.5. The molecule has 1 unspecified atom stereocenters. The van der Waals surface area contributed by atoms with Gasteiger partial charge in [-0.3, -0.25) is 4.79 Å². The van der Waals surface area contributed by atoms with Gasteiger partial charge in [0.25, 0.3) is 0 Å². The molecule has 1 saturated heterocycles. The third-order valence-electron chi connectivity index (χ3n) is 10.3. The number of nitriles is 1. The minimum absolute atomic E-state index is 0.00735. The summed E-state index contributed by atoms with van der Waals surface area (Å²) in [6.07, 6.45) is 11.4. The molecule has 0 aromatic rings. The molecule has 0 aromatic heterocycles. The second kappa shape index (κ2) is 7.24. The van der Waals surface area contributed by atoms with Crippen molar-refractivity contribution in [2.24, 2.45) is 40.4 Å². The van der Waals surface area contributed by atoms with E-state index in [1.807, 2.05) is 0 Å². The molecule has 0 radical (unpaired) electrons. The molecule has 5 heteroatoms. The summed E-state index contributed by atoms with van der Waals surface area (Å²) < 4.78 is 5.88. The summed E-state index contributed by atoms with van der Waals surface area (Å²) in [7, 11) is 0. The van der Waals surface area contributed by atoms with Gasteiger partial charge in [-0.05, 0) is 98.7 Å². The molecule has 0 spiro atoms. The highest BCUT2D eigenvalue weighted by Gasteiger charge is 2.60. The maximum absolute atomic E-state index is 12.5. The average molecular weight is 413 g/mol. The normalized spacial score (nSPS) is 49.9. The van der Waals surface area contributed by atoms with Crippen molar-refractivity contribution in [1.29, 1.82) is 5.26 Å². The molecule has 5 aliphatic rings. The van der Waals surface area contributed by atoms with E-state index < -0.39 is 6.04 Å². The number of hydrogen-bond acceptors (Lipinski definition) is 4. The molecule has 5 rings (SSSR count). The third kappa shape index (κ3) is 3.00. The van der Waals surface area contributed by atoms with Gasteiger partial charge in [0, 0.05) is 6.42 Å². The van der Waals surface area contributed by atoms with Crippen molar-refractivity contribution in [1.82, 2.24) is 5.32 Å². The molecule has 5 nitrogen and oxygen atoms in total. The Morgan fingerprint density at radius 3 is 2.53 bits per heavy atom. The molecule has 1 amide bonds. The van der Waals surface area contributed by atoms with E-state index in [1.165, 1.54) is 32.1 Å². The molecule has 4 aliphatic carbocycles. The molecular weight excluding hydrogens is 376 g/mol. The highest BCUT2D eigenvalue weighted by atomic mass is 16.5. The standard InChI is InChI=1S/C25H36N2O3/c1-24-11-9-17(30-23(29)21-7-8-22(28)27-21)13-15(24)3-5-18-19-6-4-16(14-26)25(19,2)12-10-20(18)24/h15-21H,3-13H2,1-2H3,(H,27,28)/t15-,16-,17-,18+,19+,20+,21?,24+,25-/m1/s1. The SMILES string of the molecule is C[C@]12CC[C@@H](OC(=O)C3CCC(=O)N3)C[C@H]1CC[C@@H]1[C@@H]2CC[C@]2(C)[C@@H](C#N)CC[C@@H]12. The number of nitrogens with one attached hydrogen (secondary N) is 1. The van der Waals surface area contributed by atoms with E-state index in [4.69, 9.17) is 4.74 Å². The van der Waals surface area contributed by atoms with Crippen LogP contribution in [0.15, 0.2) is 0 Å². The monoisotopic (exact) mass is 412 g/mol. The predicted molar refractivity (Wildman–Crippen MR) is 112 cm³/mol. The lowest BCUT2D eigenvalue weighted by atomic mass is 9.44. The first-order chi connectivity index (χ1) is 14.3.